The largest absolute Gasteiger partial charge is 0.504 e. The Kier molecular flexibility index (Phi) is 4.97. The lowest BCUT2D eigenvalue weighted by Crippen LogP contribution is -2.44. The fourth-order valence-corrected chi connectivity index (χ4v) is 3.75. The van der Waals surface area contributed by atoms with Crippen LogP contribution < -0.4 is 10.1 Å². The summed E-state index contributed by atoms with van der Waals surface area (Å²) in [4.78, 5) is 27.1. The summed E-state index contributed by atoms with van der Waals surface area (Å²) in [5, 5.41) is 13.8. The highest BCUT2D eigenvalue weighted by atomic mass is 16.5. The summed E-state index contributed by atoms with van der Waals surface area (Å²) < 4.78 is 10.5. The average Bonchev–Trinajstić information content (AvgIpc) is 2.77. The average molecular weight is 372 g/mol. The van der Waals surface area contributed by atoms with Gasteiger partial charge in [0, 0.05) is 23.1 Å². The Bertz CT molecular complexity index is 856. The number of nitrogens with zero attached hydrogens (tertiary/aromatic N) is 1. The molecule has 2 N–H and O–H groups in total. The quantitative estimate of drug-likeness (QED) is 0.812. The second-order valence-electron chi connectivity index (χ2n) is 7.03. The van der Waals surface area contributed by atoms with E-state index in [0.29, 0.717) is 35.4 Å². The van der Waals surface area contributed by atoms with Gasteiger partial charge in [0.25, 0.3) is 5.91 Å². The van der Waals surface area contributed by atoms with Gasteiger partial charge in [-0.05, 0) is 56.9 Å². The number of hydrogen-bond acceptors (Lipinski definition) is 6. The molecule has 0 spiro atoms. The predicted molar refractivity (Wildman–Crippen MR) is 100 cm³/mol. The van der Waals surface area contributed by atoms with Gasteiger partial charge in [0.05, 0.1) is 14.2 Å². The first-order chi connectivity index (χ1) is 12.8. The molecule has 0 aromatic heterocycles. The van der Waals surface area contributed by atoms with Crippen molar-refractivity contribution in [1.82, 2.24) is 10.2 Å². The molecule has 0 fully saturated rings. The summed E-state index contributed by atoms with van der Waals surface area (Å²) in [6.07, 6.45) is 3.71. The molecule has 1 aromatic rings. The van der Waals surface area contributed by atoms with Crippen LogP contribution in [-0.4, -0.2) is 63.1 Å². The minimum absolute atomic E-state index is 0.0729. The van der Waals surface area contributed by atoms with Crippen LogP contribution in [-0.2, 0) is 14.9 Å². The van der Waals surface area contributed by atoms with E-state index in [4.69, 9.17) is 9.47 Å². The van der Waals surface area contributed by atoms with E-state index in [1.165, 1.54) is 20.3 Å². The van der Waals surface area contributed by atoms with E-state index >= 15 is 0 Å². The number of fused-ring (bicyclic) bond motifs is 3. The number of methoxy groups -OCH3 is 2. The molecular weight excluding hydrogens is 348 g/mol. The molecule has 0 saturated heterocycles. The minimum atomic E-state index is -0.776. The molecule has 2 aliphatic rings. The molecule has 7 heteroatoms. The standard InChI is InChI=1S/C20H24N2O5/c1-22(2)8-7-20-11-21-19(25)16(27-4)10-12(20)9-14(23)13-5-6-15(26-3)18(24)17(13)20/h5-6,9-10,24H,7-8,11H2,1-4H3,(H,21,25)/t20-/m1/s1. The zero-order valence-electron chi connectivity index (χ0n) is 16.0. The lowest BCUT2D eigenvalue weighted by atomic mass is 9.65. The van der Waals surface area contributed by atoms with Crippen molar-refractivity contribution in [2.24, 2.45) is 0 Å². The SMILES string of the molecule is COC1=CC2=CC(=O)c3ccc(OC)c(O)c3[C@]2(CCN(C)C)CNC1=O. The lowest BCUT2D eigenvalue weighted by molar-refractivity contribution is -0.120. The van der Waals surface area contributed by atoms with Crippen molar-refractivity contribution in [3.63, 3.8) is 0 Å². The number of amides is 1. The number of rotatable bonds is 5. The number of phenolic OH excluding ortho intramolecular Hbond substituents is 1. The van der Waals surface area contributed by atoms with Gasteiger partial charge in [0.2, 0.25) is 0 Å². The molecule has 1 aromatic carbocycles. The van der Waals surface area contributed by atoms with Crippen LogP contribution in [0.5, 0.6) is 11.5 Å². The number of ketones is 1. The second-order valence-corrected chi connectivity index (χ2v) is 7.03. The van der Waals surface area contributed by atoms with E-state index in [1.807, 2.05) is 19.0 Å². The normalized spacial score (nSPS) is 21.5. The maximum absolute atomic E-state index is 12.7. The maximum Gasteiger partial charge on any atom is 0.286 e. The smallest absolute Gasteiger partial charge is 0.286 e. The molecule has 0 radical (unpaired) electrons. The topological polar surface area (TPSA) is 88.1 Å². The van der Waals surface area contributed by atoms with Crippen molar-refractivity contribution in [2.45, 2.75) is 11.8 Å². The van der Waals surface area contributed by atoms with E-state index in [9.17, 15) is 14.7 Å². The van der Waals surface area contributed by atoms with Crippen molar-refractivity contribution in [2.75, 3.05) is 41.4 Å². The van der Waals surface area contributed by atoms with Crippen molar-refractivity contribution in [1.29, 1.82) is 0 Å². The zero-order chi connectivity index (χ0) is 19.8. The third-order valence-electron chi connectivity index (χ3n) is 5.21. The van der Waals surface area contributed by atoms with Crippen molar-refractivity contribution in [3.8, 4) is 11.5 Å². The van der Waals surface area contributed by atoms with Crippen LogP contribution in [0.25, 0.3) is 0 Å². The highest BCUT2D eigenvalue weighted by Gasteiger charge is 2.46. The van der Waals surface area contributed by atoms with Crippen LogP contribution >= 0.6 is 0 Å². The highest BCUT2D eigenvalue weighted by Crippen LogP contribution is 2.49. The highest BCUT2D eigenvalue weighted by molar-refractivity contribution is 6.10. The molecule has 1 heterocycles. The van der Waals surface area contributed by atoms with Crippen molar-refractivity contribution >= 4 is 11.7 Å². The predicted octanol–water partition coefficient (Wildman–Crippen LogP) is 1.37. The molecule has 27 heavy (non-hydrogen) atoms. The number of hydrogen-bond donors (Lipinski definition) is 2. The van der Waals surface area contributed by atoms with Gasteiger partial charge in [0.1, 0.15) is 0 Å². The number of carbonyl (C=O) groups is 2. The van der Waals surface area contributed by atoms with E-state index in [-0.39, 0.29) is 29.7 Å². The molecule has 1 aliphatic heterocycles. The van der Waals surface area contributed by atoms with Crippen LogP contribution in [0.2, 0.25) is 0 Å². The molecule has 0 unspecified atom stereocenters. The Morgan fingerprint density at radius 3 is 2.56 bits per heavy atom. The maximum atomic E-state index is 12.7. The van der Waals surface area contributed by atoms with Crippen LogP contribution in [0.3, 0.4) is 0 Å². The van der Waals surface area contributed by atoms with Gasteiger partial charge >= 0.3 is 0 Å². The number of allylic oxidation sites excluding steroid dienone is 2. The summed E-state index contributed by atoms with van der Waals surface area (Å²) in [5.74, 6) is -0.228. The van der Waals surface area contributed by atoms with E-state index in [2.05, 4.69) is 5.32 Å². The number of phenols is 1. The zero-order valence-corrected chi connectivity index (χ0v) is 16.0. The Hall–Kier alpha value is -2.80. The summed E-state index contributed by atoms with van der Waals surface area (Å²) in [5.41, 5.74) is 0.766. The van der Waals surface area contributed by atoms with Crippen LogP contribution in [0.1, 0.15) is 22.3 Å². The fourth-order valence-electron chi connectivity index (χ4n) is 3.75. The first-order valence-corrected chi connectivity index (χ1v) is 8.69. The molecule has 1 aliphatic carbocycles. The third kappa shape index (κ3) is 3.08. The molecule has 0 saturated carbocycles. The molecule has 0 bridgehead atoms. The van der Waals surface area contributed by atoms with E-state index < -0.39 is 5.41 Å². The minimum Gasteiger partial charge on any atom is -0.504 e. The molecular formula is C20H24N2O5. The number of aromatic hydroxyl groups is 1. The van der Waals surface area contributed by atoms with Crippen molar-refractivity contribution < 1.29 is 24.2 Å². The molecule has 7 nitrogen and oxygen atoms in total. The number of carbonyl (C=O) groups excluding carboxylic acids is 2. The summed E-state index contributed by atoms with van der Waals surface area (Å²) in [6, 6.07) is 3.24. The Labute approximate surface area is 158 Å². The Morgan fingerprint density at radius 2 is 1.93 bits per heavy atom. The Morgan fingerprint density at radius 1 is 1.19 bits per heavy atom. The molecule has 3 rings (SSSR count). The fraction of sp³-hybridized carbons (Fsp3) is 0.400. The van der Waals surface area contributed by atoms with E-state index in [1.54, 1.807) is 18.2 Å². The first-order valence-electron chi connectivity index (χ1n) is 8.69. The summed E-state index contributed by atoms with van der Waals surface area (Å²) >= 11 is 0. The molecule has 144 valence electrons. The summed E-state index contributed by atoms with van der Waals surface area (Å²) in [7, 11) is 6.78. The van der Waals surface area contributed by atoms with Crippen LogP contribution in [0.15, 0.2) is 35.6 Å². The van der Waals surface area contributed by atoms with Crippen molar-refractivity contribution in [3.05, 3.63) is 46.7 Å². The molecule has 1 atom stereocenters. The monoisotopic (exact) mass is 372 g/mol. The van der Waals surface area contributed by atoms with Gasteiger partial charge in [-0.25, -0.2) is 0 Å². The number of benzene rings is 1. The van der Waals surface area contributed by atoms with Gasteiger partial charge in [-0.2, -0.15) is 0 Å². The second kappa shape index (κ2) is 7.08. The van der Waals surface area contributed by atoms with Crippen LogP contribution in [0, 0.1) is 0 Å². The first kappa shape index (κ1) is 19.0. The number of nitrogens with one attached hydrogen (secondary N) is 1. The summed E-state index contributed by atoms with van der Waals surface area (Å²) in [6.45, 7) is 0.920. The van der Waals surface area contributed by atoms with Gasteiger partial charge in [-0.3, -0.25) is 9.59 Å². The number of ether oxygens (including phenoxy) is 2. The van der Waals surface area contributed by atoms with Gasteiger partial charge < -0.3 is 24.8 Å². The molecule has 1 amide bonds. The van der Waals surface area contributed by atoms with Gasteiger partial charge in [0.15, 0.2) is 23.0 Å². The third-order valence-corrected chi connectivity index (χ3v) is 5.21. The Balaban J connectivity index is 2.29. The van der Waals surface area contributed by atoms with Gasteiger partial charge in [-0.1, -0.05) is 0 Å². The van der Waals surface area contributed by atoms with Crippen LogP contribution in [0.4, 0.5) is 0 Å². The lowest BCUT2D eigenvalue weighted by Gasteiger charge is -2.39. The van der Waals surface area contributed by atoms with E-state index in [0.717, 1.165) is 0 Å². The van der Waals surface area contributed by atoms with Gasteiger partial charge in [-0.15, -0.1) is 0 Å².